The van der Waals surface area contributed by atoms with Gasteiger partial charge in [0.2, 0.25) is 0 Å². The highest BCUT2D eigenvalue weighted by Crippen LogP contribution is 2.09. The van der Waals surface area contributed by atoms with Gasteiger partial charge in [-0.3, -0.25) is 5.32 Å². The van der Waals surface area contributed by atoms with Gasteiger partial charge >= 0.3 is 5.97 Å². The molecule has 0 aromatic carbocycles. The van der Waals surface area contributed by atoms with Gasteiger partial charge < -0.3 is 14.2 Å². The van der Waals surface area contributed by atoms with Gasteiger partial charge in [0.25, 0.3) is 0 Å². The Balaban J connectivity index is 4.16. The van der Waals surface area contributed by atoms with Crippen LogP contribution in [0, 0.1) is 0 Å². The molecule has 0 fully saturated rings. The second kappa shape index (κ2) is 10.2. The SMILES string of the molecule is CCCOCCOCC(C)(NC(C)C)C(=O)OCC. The molecular weight excluding hydrogens is 246 g/mol. The second-order valence-electron chi connectivity index (χ2n) is 5.02. The highest BCUT2D eigenvalue weighted by molar-refractivity contribution is 5.80. The number of hydrogen-bond acceptors (Lipinski definition) is 5. The van der Waals surface area contributed by atoms with Crippen molar-refractivity contribution < 1.29 is 19.0 Å². The van der Waals surface area contributed by atoms with Crippen LogP contribution in [0.4, 0.5) is 0 Å². The highest BCUT2D eigenvalue weighted by atomic mass is 16.5. The van der Waals surface area contributed by atoms with E-state index in [1.807, 2.05) is 13.8 Å². The molecule has 0 saturated carbocycles. The lowest BCUT2D eigenvalue weighted by Crippen LogP contribution is -2.56. The molecule has 0 heterocycles. The number of carbonyl (C=O) groups excluding carboxylic acids is 1. The summed E-state index contributed by atoms with van der Waals surface area (Å²) in [5.74, 6) is -0.279. The summed E-state index contributed by atoms with van der Waals surface area (Å²) in [6.07, 6.45) is 0.995. The fourth-order valence-electron chi connectivity index (χ4n) is 1.73. The summed E-state index contributed by atoms with van der Waals surface area (Å²) >= 11 is 0. The van der Waals surface area contributed by atoms with Gasteiger partial charge in [0.05, 0.1) is 26.4 Å². The van der Waals surface area contributed by atoms with Crippen LogP contribution in [-0.4, -0.2) is 50.6 Å². The third-order valence-electron chi connectivity index (χ3n) is 2.44. The van der Waals surface area contributed by atoms with E-state index < -0.39 is 5.54 Å². The Labute approximate surface area is 117 Å². The maximum atomic E-state index is 12.0. The van der Waals surface area contributed by atoms with Crippen molar-refractivity contribution >= 4 is 5.97 Å². The summed E-state index contributed by atoms with van der Waals surface area (Å²) in [6.45, 7) is 12.1. The molecule has 5 heteroatoms. The molecule has 0 bridgehead atoms. The van der Waals surface area contributed by atoms with E-state index in [0.29, 0.717) is 19.8 Å². The normalized spacial score (nSPS) is 14.4. The minimum absolute atomic E-state index is 0.175. The fourth-order valence-corrected chi connectivity index (χ4v) is 1.73. The first-order chi connectivity index (χ1) is 8.96. The molecule has 1 N–H and O–H groups in total. The lowest BCUT2D eigenvalue weighted by atomic mass is 10.0. The minimum Gasteiger partial charge on any atom is -0.465 e. The van der Waals surface area contributed by atoms with Gasteiger partial charge in [-0.15, -0.1) is 0 Å². The topological polar surface area (TPSA) is 56.8 Å². The van der Waals surface area contributed by atoms with Crippen molar-refractivity contribution in [3.05, 3.63) is 0 Å². The largest absolute Gasteiger partial charge is 0.465 e. The van der Waals surface area contributed by atoms with E-state index in [-0.39, 0.29) is 18.6 Å². The molecule has 19 heavy (non-hydrogen) atoms. The third-order valence-corrected chi connectivity index (χ3v) is 2.44. The van der Waals surface area contributed by atoms with Crippen molar-refractivity contribution in [2.75, 3.05) is 33.0 Å². The Bertz CT molecular complexity index is 246. The highest BCUT2D eigenvalue weighted by Gasteiger charge is 2.35. The molecule has 0 radical (unpaired) electrons. The lowest BCUT2D eigenvalue weighted by molar-refractivity contribution is -0.154. The van der Waals surface area contributed by atoms with Crippen LogP contribution < -0.4 is 5.32 Å². The molecule has 0 aromatic heterocycles. The maximum Gasteiger partial charge on any atom is 0.328 e. The van der Waals surface area contributed by atoms with Crippen molar-refractivity contribution in [1.82, 2.24) is 5.32 Å². The van der Waals surface area contributed by atoms with Gasteiger partial charge in [0, 0.05) is 12.6 Å². The zero-order valence-electron chi connectivity index (χ0n) is 13.0. The number of hydrogen-bond donors (Lipinski definition) is 1. The van der Waals surface area contributed by atoms with Gasteiger partial charge in [-0.05, 0) is 34.1 Å². The molecule has 0 aliphatic carbocycles. The van der Waals surface area contributed by atoms with Crippen molar-refractivity contribution in [1.29, 1.82) is 0 Å². The first-order valence-corrected chi connectivity index (χ1v) is 7.06. The van der Waals surface area contributed by atoms with Crippen LogP contribution >= 0.6 is 0 Å². The molecule has 0 amide bonds. The summed E-state index contributed by atoms with van der Waals surface area (Å²) < 4.78 is 15.9. The van der Waals surface area contributed by atoms with E-state index in [1.165, 1.54) is 0 Å². The third kappa shape index (κ3) is 8.18. The first-order valence-electron chi connectivity index (χ1n) is 7.06. The Morgan fingerprint density at radius 1 is 1.16 bits per heavy atom. The van der Waals surface area contributed by atoms with Crippen LogP contribution in [0.15, 0.2) is 0 Å². The molecule has 5 nitrogen and oxygen atoms in total. The zero-order chi connectivity index (χ0) is 14.7. The summed E-state index contributed by atoms with van der Waals surface area (Å²) in [6, 6.07) is 0.175. The van der Waals surface area contributed by atoms with Gasteiger partial charge in [-0.2, -0.15) is 0 Å². The molecule has 0 aromatic rings. The van der Waals surface area contributed by atoms with Crippen LogP contribution in [0.5, 0.6) is 0 Å². The Morgan fingerprint density at radius 2 is 1.79 bits per heavy atom. The zero-order valence-corrected chi connectivity index (χ0v) is 13.0. The minimum atomic E-state index is -0.811. The Morgan fingerprint density at radius 3 is 2.32 bits per heavy atom. The van der Waals surface area contributed by atoms with Crippen molar-refractivity contribution in [2.45, 2.75) is 52.6 Å². The van der Waals surface area contributed by atoms with Crippen LogP contribution in [-0.2, 0) is 19.0 Å². The number of carbonyl (C=O) groups is 1. The average Bonchev–Trinajstić information content (AvgIpc) is 2.33. The molecule has 114 valence electrons. The maximum absolute atomic E-state index is 12.0. The van der Waals surface area contributed by atoms with Crippen LogP contribution in [0.25, 0.3) is 0 Å². The predicted octanol–water partition coefficient (Wildman–Crippen LogP) is 1.75. The van der Waals surface area contributed by atoms with Gasteiger partial charge in [-0.25, -0.2) is 4.79 Å². The molecule has 1 atom stereocenters. The smallest absolute Gasteiger partial charge is 0.328 e. The predicted molar refractivity (Wildman–Crippen MR) is 75.2 cm³/mol. The summed E-state index contributed by atoms with van der Waals surface area (Å²) in [5.41, 5.74) is -0.811. The van der Waals surface area contributed by atoms with E-state index in [1.54, 1.807) is 13.8 Å². The molecular formula is C14H29NO4. The Hall–Kier alpha value is -0.650. The lowest BCUT2D eigenvalue weighted by Gasteiger charge is -2.30. The standard InChI is InChI=1S/C14H29NO4/c1-6-8-17-9-10-18-11-14(5,15-12(3)4)13(16)19-7-2/h12,15H,6-11H2,1-5H3. The summed E-state index contributed by atoms with van der Waals surface area (Å²) in [7, 11) is 0. The quantitative estimate of drug-likeness (QED) is 0.460. The molecule has 0 spiro atoms. The van der Waals surface area contributed by atoms with Gasteiger partial charge in [0.1, 0.15) is 5.54 Å². The van der Waals surface area contributed by atoms with E-state index in [0.717, 1.165) is 13.0 Å². The van der Waals surface area contributed by atoms with Crippen LogP contribution in [0.1, 0.15) is 41.0 Å². The molecule has 0 rings (SSSR count). The fraction of sp³-hybridized carbons (Fsp3) is 0.929. The molecule has 0 saturated heterocycles. The number of ether oxygens (including phenoxy) is 3. The number of rotatable bonds is 11. The first kappa shape index (κ1) is 18.4. The van der Waals surface area contributed by atoms with E-state index in [2.05, 4.69) is 12.2 Å². The van der Waals surface area contributed by atoms with Crippen molar-refractivity contribution in [3.63, 3.8) is 0 Å². The molecule has 0 aliphatic heterocycles. The summed E-state index contributed by atoms with van der Waals surface area (Å²) in [5, 5.41) is 3.20. The average molecular weight is 275 g/mol. The summed E-state index contributed by atoms with van der Waals surface area (Å²) in [4.78, 5) is 12.0. The van der Waals surface area contributed by atoms with Crippen molar-refractivity contribution in [3.8, 4) is 0 Å². The van der Waals surface area contributed by atoms with E-state index in [9.17, 15) is 4.79 Å². The number of esters is 1. The van der Waals surface area contributed by atoms with Crippen LogP contribution in [0.2, 0.25) is 0 Å². The second-order valence-corrected chi connectivity index (χ2v) is 5.02. The molecule has 1 unspecified atom stereocenters. The van der Waals surface area contributed by atoms with Crippen LogP contribution in [0.3, 0.4) is 0 Å². The Kier molecular flexibility index (Phi) is 9.83. The van der Waals surface area contributed by atoms with Crippen molar-refractivity contribution in [2.24, 2.45) is 0 Å². The van der Waals surface area contributed by atoms with E-state index >= 15 is 0 Å². The monoisotopic (exact) mass is 275 g/mol. The van der Waals surface area contributed by atoms with Gasteiger partial charge in [0.15, 0.2) is 0 Å². The van der Waals surface area contributed by atoms with E-state index in [4.69, 9.17) is 14.2 Å². The number of nitrogens with one attached hydrogen (secondary N) is 1. The molecule has 0 aliphatic rings. The van der Waals surface area contributed by atoms with Gasteiger partial charge in [-0.1, -0.05) is 6.92 Å².